The Morgan fingerprint density at radius 2 is 2.04 bits per heavy atom. The highest BCUT2D eigenvalue weighted by atomic mass is 19.1. The van der Waals surface area contributed by atoms with Crippen LogP contribution in [0.2, 0.25) is 0 Å². The Morgan fingerprint density at radius 3 is 2.79 bits per heavy atom. The van der Waals surface area contributed by atoms with Gasteiger partial charge in [-0.3, -0.25) is 4.79 Å². The number of carbonyl (C=O) groups is 1. The third kappa shape index (κ3) is 2.60. The SMILES string of the molecule is O=C(c1cc(-c2ccco2)on1)N1CCCC1c1ccc(F)cc1. The predicted molar refractivity (Wildman–Crippen MR) is 83.6 cm³/mol. The lowest BCUT2D eigenvalue weighted by molar-refractivity contribution is 0.0725. The monoisotopic (exact) mass is 326 g/mol. The molecule has 0 N–H and O–H groups in total. The first-order valence-electron chi connectivity index (χ1n) is 7.79. The van der Waals surface area contributed by atoms with Gasteiger partial charge in [0.15, 0.2) is 11.5 Å². The van der Waals surface area contributed by atoms with Crippen LogP contribution in [-0.2, 0) is 0 Å². The molecule has 1 saturated heterocycles. The van der Waals surface area contributed by atoms with Crippen LogP contribution < -0.4 is 0 Å². The van der Waals surface area contributed by atoms with Gasteiger partial charge < -0.3 is 13.8 Å². The summed E-state index contributed by atoms with van der Waals surface area (Å²) in [6.45, 7) is 0.643. The molecule has 0 saturated carbocycles. The van der Waals surface area contributed by atoms with Crippen LogP contribution >= 0.6 is 0 Å². The average Bonchev–Trinajstić information content (AvgIpc) is 3.34. The quantitative estimate of drug-likeness (QED) is 0.728. The molecule has 0 spiro atoms. The minimum absolute atomic E-state index is 0.0677. The molecule has 3 heterocycles. The molecule has 0 radical (unpaired) electrons. The molecule has 1 amide bonds. The number of carbonyl (C=O) groups excluding carboxylic acids is 1. The zero-order valence-electron chi connectivity index (χ0n) is 12.8. The Kier molecular flexibility index (Phi) is 3.65. The Balaban J connectivity index is 1.58. The maximum atomic E-state index is 13.1. The highest BCUT2D eigenvalue weighted by molar-refractivity contribution is 5.93. The first-order chi connectivity index (χ1) is 11.7. The molecule has 1 aromatic carbocycles. The molecule has 1 fully saturated rings. The maximum Gasteiger partial charge on any atom is 0.276 e. The fourth-order valence-electron chi connectivity index (χ4n) is 3.10. The Bertz CT molecular complexity index is 840. The van der Waals surface area contributed by atoms with Crippen molar-refractivity contribution < 1.29 is 18.1 Å². The van der Waals surface area contributed by atoms with E-state index >= 15 is 0 Å². The van der Waals surface area contributed by atoms with E-state index in [4.69, 9.17) is 8.94 Å². The molecule has 2 aromatic heterocycles. The molecular weight excluding hydrogens is 311 g/mol. The van der Waals surface area contributed by atoms with E-state index in [1.54, 1.807) is 35.2 Å². The molecule has 1 atom stereocenters. The lowest BCUT2D eigenvalue weighted by atomic mass is 10.0. The molecule has 24 heavy (non-hydrogen) atoms. The lowest BCUT2D eigenvalue weighted by Crippen LogP contribution is -2.30. The average molecular weight is 326 g/mol. The van der Waals surface area contributed by atoms with Crippen molar-refractivity contribution in [3.63, 3.8) is 0 Å². The number of benzene rings is 1. The van der Waals surface area contributed by atoms with Gasteiger partial charge in [-0.2, -0.15) is 0 Å². The van der Waals surface area contributed by atoms with Gasteiger partial charge in [-0.1, -0.05) is 17.3 Å². The molecule has 3 aromatic rings. The van der Waals surface area contributed by atoms with Crippen molar-refractivity contribution in [2.75, 3.05) is 6.54 Å². The highest BCUT2D eigenvalue weighted by Crippen LogP contribution is 2.33. The zero-order valence-corrected chi connectivity index (χ0v) is 12.8. The third-order valence-electron chi connectivity index (χ3n) is 4.26. The minimum Gasteiger partial charge on any atom is -0.461 e. The number of halogens is 1. The highest BCUT2D eigenvalue weighted by Gasteiger charge is 2.32. The summed E-state index contributed by atoms with van der Waals surface area (Å²) in [6, 6.07) is 11.3. The van der Waals surface area contributed by atoms with Crippen LogP contribution in [0.3, 0.4) is 0 Å². The second-order valence-electron chi connectivity index (χ2n) is 5.76. The van der Waals surface area contributed by atoms with Gasteiger partial charge in [0.2, 0.25) is 5.76 Å². The molecule has 4 rings (SSSR count). The molecular formula is C18H15FN2O3. The van der Waals surface area contributed by atoms with Crippen molar-refractivity contribution in [2.45, 2.75) is 18.9 Å². The van der Waals surface area contributed by atoms with Gasteiger partial charge >= 0.3 is 0 Å². The van der Waals surface area contributed by atoms with Gasteiger partial charge in [0, 0.05) is 12.6 Å². The molecule has 0 bridgehead atoms. The minimum atomic E-state index is -0.283. The molecule has 1 aliphatic heterocycles. The van der Waals surface area contributed by atoms with Crippen LogP contribution in [-0.4, -0.2) is 22.5 Å². The molecule has 0 aliphatic carbocycles. The predicted octanol–water partition coefficient (Wildman–Crippen LogP) is 4.05. The number of hydrogen-bond acceptors (Lipinski definition) is 4. The van der Waals surface area contributed by atoms with Crippen LogP contribution in [0.4, 0.5) is 4.39 Å². The summed E-state index contributed by atoms with van der Waals surface area (Å²) >= 11 is 0. The van der Waals surface area contributed by atoms with Crippen LogP contribution in [0.1, 0.15) is 34.9 Å². The van der Waals surface area contributed by atoms with Crippen LogP contribution in [0, 0.1) is 5.82 Å². The van der Waals surface area contributed by atoms with E-state index in [0.717, 1.165) is 18.4 Å². The van der Waals surface area contributed by atoms with Gasteiger partial charge in [-0.05, 0) is 42.7 Å². The van der Waals surface area contributed by atoms with Crippen LogP contribution in [0.15, 0.2) is 57.7 Å². The van der Waals surface area contributed by atoms with Gasteiger partial charge in [0.25, 0.3) is 5.91 Å². The fourth-order valence-corrected chi connectivity index (χ4v) is 3.10. The second kappa shape index (κ2) is 5.96. The largest absolute Gasteiger partial charge is 0.461 e. The van der Waals surface area contributed by atoms with Crippen molar-refractivity contribution in [3.8, 4) is 11.5 Å². The van der Waals surface area contributed by atoms with E-state index in [-0.39, 0.29) is 23.5 Å². The summed E-state index contributed by atoms with van der Waals surface area (Å²) in [6.07, 6.45) is 3.28. The van der Waals surface area contributed by atoms with Gasteiger partial charge in [0.1, 0.15) is 5.82 Å². The Morgan fingerprint density at radius 1 is 1.21 bits per heavy atom. The zero-order chi connectivity index (χ0) is 16.5. The number of furan rings is 1. The standard InChI is InChI=1S/C18H15FN2O3/c19-13-7-5-12(6-8-13)15-3-1-9-21(15)18(22)14-11-17(24-20-14)16-4-2-10-23-16/h2,4-8,10-11,15H,1,3,9H2. The van der Waals surface area contributed by atoms with Crippen LogP contribution in [0.25, 0.3) is 11.5 Å². The van der Waals surface area contributed by atoms with Gasteiger partial charge in [-0.15, -0.1) is 0 Å². The summed E-state index contributed by atoms with van der Waals surface area (Å²) in [5.74, 6) is 0.469. The van der Waals surface area contributed by atoms with Gasteiger partial charge in [-0.25, -0.2) is 4.39 Å². The van der Waals surface area contributed by atoms with Crippen molar-refractivity contribution in [3.05, 3.63) is 65.8 Å². The molecule has 1 unspecified atom stereocenters. The number of hydrogen-bond donors (Lipinski definition) is 0. The van der Waals surface area contributed by atoms with Gasteiger partial charge in [0.05, 0.1) is 12.3 Å². The number of rotatable bonds is 3. The second-order valence-corrected chi connectivity index (χ2v) is 5.76. The molecule has 122 valence electrons. The first kappa shape index (κ1) is 14.7. The summed E-state index contributed by atoms with van der Waals surface area (Å²) in [5.41, 5.74) is 1.17. The van der Waals surface area contributed by atoms with E-state index in [9.17, 15) is 9.18 Å². The van der Waals surface area contributed by atoms with Crippen molar-refractivity contribution >= 4 is 5.91 Å². The lowest BCUT2D eigenvalue weighted by Gasteiger charge is -2.24. The third-order valence-corrected chi connectivity index (χ3v) is 4.26. The van der Waals surface area contributed by atoms with E-state index < -0.39 is 0 Å². The Labute approximate surface area is 137 Å². The van der Waals surface area contributed by atoms with E-state index in [2.05, 4.69) is 5.16 Å². The topological polar surface area (TPSA) is 59.5 Å². The molecule has 6 heteroatoms. The molecule has 5 nitrogen and oxygen atoms in total. The van der Waals surface area contributed by atoms with E-state index in [1.807, 2.05) is 0 Å². The fraction of sp³-hybridized carbons (Fsp3) is 0.222. The van der Waals surface area contributed by atoms with Crippen molar-refractivity contribution in [2.24, 2.45) is 0 Å². The number of nitrogens with zero attached hydrogens (tertiary/aromatic N) is 2. The smallest absolute Gasteiger partial charge is 0.276 e. The summed E-state index contributed by atoms with van der Waals surface area (Å²) in [5, 5.41) is 3.87. The first-order valence-corrected chi connectivity index (χ1v) is 7.79. The number of aromatic nitrogens is 1. The van der Waals surface area contributed by atoms with Crippen LogP contribution in [0.5, 0.6) is 0 Å². The maximum absolute atomic E-state index is 13.1. The summed E-state index contributed by atoms with van der Waals surface area (Å²) in [4.78, 5) is 14.5. The summed E-state index contributed by atoms with van der Waals surface area (Å²) < 4.78 is 23.6. The normalized spacial score (nSPS) is 17.4. The molecule has 1 aliphatic rings. The van der Waals surface area contributed by atoms with Crippen molar-refractivity contribution in [1.29, 1.82) is 0 Å². The Hall–Kier alpha value is -2.89. The van der Waals surface area contributed by atoms with E-state index in [0.29, 0.717) is 18.1 Å². The van der Waals surface area contributed by atoms with Crippen molar-refractivity contribution in [1.82, 2.24) is 10.1 Å². The van der Waals surface area contributed by atoms with E-state index in [1.165, 1.54) is 18.4 Å². The number of likely N-dealkylation sites (tertiary alicyclic amines) is 1. The number of amides is 1. The summed E-state index contributed by atoms with van der Waals surface area (Å²) in [7, 11) is 0.